The lowest BCUT2D eigenvalue weighted by molar-refractivity contribution is 0.0827. The van der Waals surface area contributed by atoms with Gasteiger partial charge in [-0.1, -0.05) is 6.07 Å². The van der Waals surface area contributed by atoms with Crippen LogP contribution < -0.4 is 5.32 Å². The van der Waals surface area contributed by atoms with Crippen molar-refractivity contribution in [2.24, 2.45) is 5.92 Å². The van der Waals surface area contributed by atoms with E-state index in [-0.39, 0.29) is 5.91 Å². The third-order valence-corrected chi connectivity index (χ3v) is 3.17. The Bertz CT molecular complexity index is 422. The van der Waals surface area contributed by atoms with E-state index in [1.807, 2.05) is 18.2 Å². The van der Waals surface area contributed by atoms with Crippen molar-refractivity contribution in [3.05, 3.63) is 29.3 Å². The van der Waals surface area contributed by atoms with Gasteiger partial charge in [0.15, 0.2) is 0 Å². The summed E-state index contributed by atoms with van der Waals surface area (Å²) in [7, 11) is 3.55. The minimum Gasteiger partial charge on any atom is -0.385 e. The summed E-state index contributed by atoms with van der Waals surface area (Å²) in [5.74, 6) is 0.891. The Balaban J connectivity index is 2.12. The van der Waals surface area contributed by atoms with Gasteiger partial charge >= 0.3 is 0 Å². The Labute approximate surface area is 103 Å². The first-order valence-corrected chi connectivity index (χ1v) is 6.14. The van der Waals surface area contributed by atoms with Crippen LogP contribution in [0.4, 0.5) is 5.69 Å². The van der Waals surface area contributed by atoms with E-state index in [1.165, 1.54) is 18.4 Å². The molecule has 1 aromatic rings. The molecule has 0 bridgehead atoms. The zero-order valence-corrected chi connectivity index (χ0v) is 10.8. The molecule has 0 saturated heterocycles. The van der Waals surface area contributed by atoms with E-state index in [9.17, 15) is 4.79 Å². The highest BCUT2D eigenvalue weighted by Crippen LogP contribution is 2.29. The van der Waals surface area contributed by atoms with Gasteiger partial charge in [0.05, 0.1) is 0 Å². The van der Waals surface area contributed by atoms with Gasteiger partial charge in [-0.25, -0.2) is 0 Å². The van der Waals surface area contributed by atoms with Crippen molar-refractivity contribution < 1.29 is 4.79 Å². The van der Waals surface area contributed by atoms with E-state index in [1.54, 1.807) is 19.0 Å². The third-order valence-electron chi connectivity index (χ3n) is 3.17. The predicted octanol–water partition coefficient (Wildman–Crippen LogP) is 2.52. The Morgan fingerprint density at radius 3 is 2.71 bits per heavy atom. The van der Waals surface area contributed by atoms with E-state index < -0.39 is 0 Å². The lowest BCUT2D eigenvalue weighted by atomic mass is 10.1. The normalized spacial score (nSPS) is 14.5. The maximum atomic E-state index is 11.9. The first kappa shape index (κ1) is 12.0. The zero-order chi connectivity index (χ0) is 12.4. The molecule has 1 N–H and O–H groups in total. The van der Waals surface area contributed by atoms with Crippen LogP contribution in [0.1, 0.15) is 28.8 Å². The van der Waals surface area contributed by atoms with Crippen LogP contribution in [0.3, 0.4) is 0 Å². The molecule has 0 aromatic heterocycles. The molecule has 3 nitrogen and oxygen atoms in total. The van der Waals surface area contributed by atoms with Gasteiger partial charge in [-0.15, -0.1) is 0 Å². The van der Waals surface area contributed by atoms with Crippen molar-refractivity contribution in [1.82, 2.24) is 4.90 Å². The number of nitrogens with zero attached hydrogens (tertiary/aromatic N) is 1. The van der Waals surface area contributed by atoms with Crippen LogP contribution >= 0.6 is 0 Å². The number of nitrogens with one attached hydrogen (secondary N) is 1. The van der Waals surface area contributed by atoms with Gasteiger partial charge in [-0.05, 0) is 43.4 Å². The highest BCUT2D eigenvalue weighted by Gasteiger charge is 2.21. The Morgan fingerprint density at radius 2 is 2.12 bits per heavy atom. The van der Waals surface area contributed by atoms with Crippen molar-refractivity contribution in [3.8, 4) is 0 Å². The summed E-state index contributed by atoms with van der Waals surface area (Å²) in [5, 5.41) is 3.44. The summed E-state index contributed by atoms with van der Waals surface area (Å²) >= 11 is 0. The fraction of sp³-hybridized carbons (Fsp3) is 0.500. The molecule has 1 amide bonds. The summed E-state index contributed by atoms with van der Waals surface area (Å²) in [6, 6.07) is 5.85. The fourth-order valence-corrected chi connectivity index (χ4v) is 1.78. The van der Waals surface area contributed by atoms with Crippen LogP contribution in [0.5, 0.6) is 0 Å². The van der Waals surface area contributed by atoms with Gasteiger partial charge < -0.3 is 10.2 Å². The number of rotatable bonds is 4. The molecule has 0 aliphatic heterocycles. The number of carbonyl (C=O) groups is 1. The molecule has 0 atom stereocenters. The molecule has 0 unspecified atom stereocenters. The van der Waals surface area contributed by atoms with Crippen LogP contribution in [0, 0.1) is 12.8 Å². The molecule has 1 aliphatic rings. The summed E-state index contributed by atoms with van der Waals surface area (Å²) in [6.07, 6.45) is 2.67. The van der Waals surface area contributed by atoms with Crippen LogP contribution in [0.2, 0.25) is 0 Å². The van der Waals surface area contributed by atoms with Gasteiger partial charge in [0, 0.05) is 31.9 Å². The molecular formula is C14H20N2O. The van der Waals surface area contributed by atoms with Gasteiger partial charge in [-0.2, -0.15) is 0 Å². The Morgan fingerprint density at radius 1 is 1.41 bits per heavy atom. The van der Waals surface area contributed by atoms with Gasteiger partial charge in [-0.3, -0.25) is 4.79 Å². The number of anilines is 1. The zero-order valence-electron chi connectivity index (χ0n) is 10.8. The number of aryl methyl sites for hydroxylation is 1. The maximum Gasteiger partial charge on any atom is 0.253 e. The second-order valence-corrected chi connectivity index (χ2v) is 5.05. The average Bonchev–Trinajstić information content (AvgIpc) is 3.11. The topological polar surface area (TPSA) is 32.3 Å². The van der Waals surface area contributed by atoms with Gasteiger partial charge in [0.25, 0.3) is 5.91 Å². The highest BCUT2D eigenvalue weighted by atomic mass is 16.2. The summed E-state index contributed by atoms with van der Waals surface area (Å²) in [5.41, 5.74) is 3.03. The molecule has 0 heterocycles. The second kappa shape index (κ2) is 4.78. The molecule has 1 fully saturated rings. The van der Waals surface area contributed by atoms with Crippen LogP contribution in [0.25, 0.3) is 0 Å². The van der Waals surface area contributed by atoms with Crippen molar-refractivity contribution >= 4 is 11.6 Å². The predicted molar refractivity (Wildman–Crippen MR) is 70.4 cm³/mol. The molecule has 1 aliphatic carbocycles. The summed E-state index contributed by atoms with van der Waals surface area (Å²) in [6.45, 7) is 3.10. The Hall–Kier alpha value is -1.51. The van der Waals surface area contributed by atoms with Gasteiger partial charge in [0.1, 0.15) is 0 Å². The van der Waals surface area contributed by atoms with Crippen molar-refractivity contribution in [3.63, 3.8) is 0 Å². The van der Waals surface area contributed by atoms with E-state index in [0.29, 0.717) is 0 Å². The largest absolute Gasteiger partial charge is 0.385 e. The van der Waals surface area contributed by atoms with Crippen LogP contribution in [0.15, 0.2) is 18.2 Å². The minimum absolute atomic E-state index is 0.0551. The SMILES string of the molecule is Cc1ccc(C(=O)N(C)C)cc1NCC1CC1. The summed E-state index contributed by atoms with van der Waals surface area (Å²) in [4.78, 5) is 13.5. The molecule has 92 valence electrons. The molecule has 0 radical (unpaired) electrons. The second-order valence-electron chi connectivity index (χ2n) is 5.05. The molecule has 1 aromatic carbocycles. The Kier molecular flexibility index (Phi) is 3.36. The minimum atomic E-state index is 0.0551. The maximum absolute atomic E-state index is 11.9. The number of hydrogen-bond acceptors (Lipinski definition) is 2. The number of hydrogen-bond donors (Lipinski definition) is 1. The molecule has 3 heteroatoms. The summed E-state index contributed by atoms with van der Waals surface area (Å²) < 4.78 is 0. The van der Waals surface area contributed by atoms with Crippen molar-refractivity contribution in [1.29, 1.82) is 0 Å². The number of carbonyl (C=O) groups excluding carboxylic acids is 1. The molecule has 1 saturated carbocycles. The molecular weight excluding hydrogens is 212 g/mol. The van der Waals surface area contributed by atoms with Crippen LogP contribution in [-0.4, -0.2) is 31.4 Å². The van der Waals surface area contributed by atoms with E-state index in [0.717, 1.165) is 23.7 Å². The fourth-order valence-electron chi connectivity index (χ4n) is 1.78. The van der Waals surface area contributed by atoms with Crippen molar-refractivity contribution in [2.75, 3.05) is 26.0 Å². The molecule has 17 heavy (non-hydrogen) atoms. The van der Waals surface area contributed by atoms with Gasteiger partial charge in [0.2, 0.25) is 0 Å². The van der Waals surface area contributed by atoms with E-state index in [2.05, 4.69) is 12.2 Å². The quantitative estimate of drug-likeness (QED) is 0.865. The highest BCUT2D eigenvalue weighted by molar-refractivity contribution is 5.95. The lowest BCUT2D eigenvalue weighted by Crippen LogP contribution is -2.21. The number of benzene rings is 1. The standard InChI is InChI=1S/C14H20N2O/c1-10-4-7-12(14(17)16(2)3)8-13(10)15-9-11-5-6-11/h4,7-8,11,15H,5-6,9H2,1-3H3. The van der Waals surface area contributed by atoms with Crippen molar-refractivity contribution in [2.45, 2.75) is 19.8 Å². The monoisotopic (exact) mass is 232 g/mol. The first-order valence-electron chi connectivity index (χ1n) is 6.14. The van der Waals surface area contributed by atoms with E-state index in [4.69, 9.17) is 0 Å². The molecule has 2 rings (SSSR count). The average molecular weight is 232 g/mol. The van der Waals surface area contributed by atoms with Crippen LogP contribution in [-0.2, 0) is 0 Å². The number of amides is 1. The lowest BCUT2D eigenvalue weighted by Gasteiger charge is -2.14. The smallest absolute Gasteiger partial charge is 0.253 e. The van der Waals surface area contributed by atoms with E-state index >= 15 is 0 Å². The molecule has 0 spiro atoms. The first-order chi connectivity index (χ1) is 8.08. The third kappa shape index (κ3) is 2.99.